The lowest BCUT2D eigenvalue weighted by molar-refractivity contribution is 0.0635. The molecule has 1 saturated carbocycles. The van der Waals surface area contributed by atoms with Gasteiger partial charge >= 0.3 is 0 Å². The minimum Gasteiger partial charge on any atom is -0.394 e. The first-order valence-corrected chi connectivity index (χ1v) is 6.69. The monoisotopic (exact) mass is 226 g/mol. The summed E-state index contributed by atoms with van der Waals surface area (Å²) >= 11 is 0. The number of aliphatic hydroxyl groups is 1. The van der Waals surface area contributed by atoms with Crippen LogP contribution in [0.4, 0.5) is 0 Å². The van der Waals surface area contributed by atoms with Crippen LogP contribution < -0.4 is 5.73 Å². The summed E-state index contributed by atoms with van der Waals surface area (Å²) in [6, 6.07) is 0.629. The van der Waals surface area contributed by atoms with E-state index in [2.05, 4.69) is 18.7 Å². The number of rotatable bonds is 4. The molecule has 0 amide bonds. The van der Waals surface area contributed by atoms with Crippen LogP contribution in [0.5, 0.6) is 0 Å². The zero-order chi connectivity index (χ0) is 11.8. The van der Waals surface area contributed by atoms with Crippen LogP contribution in [0.25, 0.3) is 0 Å². The summed E-state index contributed by atoms with van der Waals surface area (Å²) in [6.07, 6.45) is 5.01. The molecule has 2 fully saturated rings. The van der Waals surface area contributed by atoms with Crippen LogP contribution in [0.2, 0.25) is 0 Å². The normalized spacial score (nSPS) is 36.0. The van der Waals surface area contributed by atoms with Crippen molar-refractivity contribution in [2.75, 3.05) is 19.7 Å². The average molecular weight is 226 g/mol. The smallest absolute Gasteiger partial charge is 0.0626 e. The number of nitrogens with two attached hydrogens (primary N) is 1. The third kappa shape index (κ3) is 2.58. The van der Waals surface area contributed by atoms with E-state index in [9.17, 15) is 5.11 Å². The fourth-order valence-corrected chi connectivity index (χ4v) is 2.94. The van der Waals surface area contributed by atoms with E-state index in [4.69, 9.17) is 5.73 Å². The zero-order valence-corrected chi connectivity index (χ0v) is 10.7. The van der Waals surface area contributed by atoms with Gasteiger partial charge in [0.05, 0.1) is 12.1 Å². The summed E-state index contributed by atoms with van der Waals surface area (Å²) in [4.78, 5) is 2.49. The first-order valence-electron chi connectivity index (χ1n) is 6.69. The number of aliphatic hydroxyl groups excluding tert-OH is 1. The number of nitrogens with zero attached hydrogens (tertiary/aromatic N) is 1. The molecule has 3 atom stereocenters. The molecule has 94 valence electrons. The lowest BCUT2D eigenvalue weighted by Gasteiger charge is -2.42. The fourth-order valence-electron chi connectivity index (χ4n) is 2.94. The van der Waals surface area contributed by atoms with Gasteiger partial charge in [-0.15, -0.1) is 0 Å². The molecule has 2 aliphatic rings. The summed E-state index contributed by atoms with van der Waals surface area (Å²) in [5, 5.41) is 9.53. The van der Waals surface area contributed by atoms with Crippen LogP contribution in [0.1, 0.15) is 39.5 Å². The second kappa shape index (κ2) is 4.63. The molecule has 3 nitrogen and oxygen atoms in total. The molecule has 3 N–H and O–H groups in total. The van der Waals surface area contributed by atoms with Crippen LogP contribution in [-0.4, -0.2) is 41.3 Å². The molecule has 0 aromatic carbocycles. The van der Waals surface area contributed by atoms with E-state index in [1.165, 1.54) is 25.7 Å². The molecular weight excluding hydrogens is 200 g/mol. The van der Waals surface area contributed by atoms with Crippen LogP contribution in [-0.2, 0) is 0 Å². The molecule has 1 aliphatic heterocycles. The maximum absolute atomic E-state index is 9.53. The molecule has 0 aromatic rings. The molecule has 1 aliphatic carbocycles. The minimum absolute atomic E-state index is 0.134. The first-order chi connectivity index (χ1) is 7.55. The number of likely N-dealkylation sites (tertiary alicyclic amines) is 1. The molecular formula is C13H26N2O. The maximum atomic E-state index is 9.53. The van der Waals surface area contributed by atoms with Gasteiger partial charge in [-0.25, -0.2) is 0 Å². The van der Waals surface area contributed by atoms with E-state index in [0.29, 0.717) is 12.0 Å². The van der Waals surface area contributed by atoms with Gasteiger partial charge in [-0.2, -0.15) is 0 Å². The number of hydrogen-bond acceptors (Lipinski definition) is 3. The predicted molar refractivity (Wildman–Crippen MR) is 66.2 cm³/mol. The summed E-state index contributed by atoms with van der Waals surface area (Å²) in [5.41, 5.74) is 6.01. The van der Waals surface area contributed by atoms with Gasteiger partial charge in [-0.1, -0.05) is 6.92 Å². The van der Waals surface area contributed by atoms with Gasteiger partial charge in [-0.3, -0.25) is 4.90 Å². The van der Waals surface area contributed by atoms with Crippen LogP contribution >= 0.6 is 0 Å². The van der Waals surface area contributed by atoms with Gasteiger partial charge in [0, 0.05) is 19.1 Å². The Bertz CT molecular complexity index is 242. The van der Waals surface area contributed by atoms with Crippen molar-refractivity contribution in [1.82, 2.24) is 4.90 Å². The van der Waals surface area contributed by atoms with E-state index >= 15 is 0 Å². The third-order valence-electron chi connectivity index (χ3n) is 4.43. The minimum atomic E-state index is -0.342. The Hall–Kier alpha value is -0.120. The second-order valence-corrected chi connectivity index (χ2v) is 6.13. The summed E-state index contributed by atoms with van der Waals surface area (Å²) < 4.78 is 0. The van der Waals surface area contributed by atoms with Gasteiger partial charge in [0.1, 0.15) is 0 Å². The van der Waals surface area contributed by atoms with Crippen molar-refractivity contribution in [1.29, 1.82) is 0 Å². The van der Waals surface area contributed by atoms with Gasteiger partial charge in [0.2, 0.25) is 0 Å². The summed E-state index contributed by atoms with van der Waals surface area (Å²) in [6.45, 7) is 6.76. The van der Waals surface area contributed by atoms with Gasteiger partial charge in [0.25, 0.3) is 0 Å². The van der Waals surface area contributed by atoms with Gasteiger partial charge in [-0.05, 0) is 44.4 Å². The molecule has 3 heteroatoms. The van der Waals surface area contributed by atoms with Crippen LogP contribution in [0.3, 0.4) is 0 Å². The highest BCUT2D eigenvalue weighted by atomic mass is 16.3. The molecule has 0 bridgehead atoms. The zero-order valence-electron chi connectivity index (χ0n) is 10.7. The van der Waals surface area contributed by atoms with E-state index in [1.54, 1.807) is 0 Å². The summed E-state index contributed by atoms with van der Waals surface area (Å²) in [7, 11) is 0. The third-order valence-corrected chi connectivity index (χ3v) is 4.43. The lowest BCUT2D eigenvalue weighted by atomic mass is 9.89. The topological polar surface area (TPSA) is 49.5 Å². The molecule has 1 heterocycles. The van der Waals surface area contributed by atoms with Crippen molar-refractivity contribution in [3.8, 4) is 0 Å². The average Bonchev–Trinajstić information content (AvgIpc) is 3.07. The Morgan fingerprint density at radius 1 is 1.25 bits per heavy atom. The lowest BCUT2D eigenvalue weighted by Crippen LogP contribution is -2.58. The molecule has 0 radical (unpaired) electrons. The van der Waals surface area contributed by atoms with E-state index in [1.807, 2.05) is 0 Å². The largest absolute Gasteiger partial charge is 0.394 e. The quantitative estimate of drug-likeness (QED) is 0.757. The molecule has 0 spiro atoms. The fraction of sp³-hybridized carbons (Fsp3) is 1.00. The highest BCUT2D eigenvalue weighted by Crippen LogP contribution is 2.39. The van der Waals surface area contributed by atoms with Gasteiger partial charge < -0.3 is 10.8 Å². The van der Waals surface area contributed by atoms with E-state index in [-0.39, 0.29) is 12.1 Å². The SMILES string of the molecule is CC1CCC(C)N(CC(N)(CO)C2CC2)C1. The summed E-state index contributed by atoms with van der Waals surface area (Å²) in [5.74, 6) is 1.33. The van der Waals surface area contributed by atoms with E-state index < -0.39 is 0 Å². The van der Waals surface area contributed by atoms with Crippen molar-refractivity contribution in [3.05, 3.63) is 0 Å². The molecule has 1 saturated heterocycles. The number of hydrogen-bond donors (Lipinski definition) is 2. The molecule has 3 unspecified atom stereocenters. The van der Waals surface area contributed by atoms with Crippen LogP contribution in [0.15, 0.2) is 0 Å². The Kier molecular flexibility index (Phi) is 3.57. The molecule has 16 heavy (non-hydrogen) atoms. The highest BCUT2D eigenvalue weighted by Gasteiger charge is 2.43. The number of piperidine rings is 1. The Labute approximate surface area is 99.0 Å². The second-order valence-electron chi connectivity index (χ2n) is 6.13. The predicted octanol–water partition coefficient (Wildman–Crippen LogP) is 1.21. The highest BCUT2D eigenvalue weighted by molar-refractivity contribution is 5.01. The van der Waals surface area contributed by atoms with Gasteiger partial charge in [0.15, 0.2) is 0 Å². The van der Waals surface area contributed by atoms with Crippen LogP contribution in [0, 0.1) is 11.8 Å². The maximum Gasteiger partial charge on any atom is 0.0626 e. The standard InChI is InChI=1S/C13H26N2O/c1-10-3-4-11(2)15(7-10)8-13(14,9-16)12-5-6-12/h10-12,16H,3-9,14H2,1-2H3. The van der Waals surface area contributed by atoms with Crippen molar-refractivity contribution in [2.45, 2.75) is 51.1 Å². The molecule has 0 aromatic heterocycles. The van der Waals surface area contributed by atoms with Crippen molar-refractivity contribution in [3.63, 3.8) is 0 Å². The van der Waals surface area contributed by atoms with Crippen molar-refractivity contribution in [2.24, 2.45) is 17.6 Å². The Balaban J connectivity index is 1.95. The van der Waals surface area contributed by atoms with Crippen molar-refractivity contribution < 1.29 is 5.11 Å². The Morgan fingerprint density at radius 2 is 1.94 bits per heavy atom. The van der Waals surface area contributed by atoms with E-state index in [0.717, 1.165) is 19.0 Å². The first kappa shape index (κ1) is 12.3. The van der Waals surface area contributed by atoms with Crippen molar-refractivity contribution >= 4 is 0 Å². The Morgan fingerprint density at radius 3 is 2.50 bits per heavy atom. The molecule has 2 rings (SSSR count).